The summed E-state index contributed by atoms with van der Waals surface area (Å²) < 4.78 is 0.799. The topological polar surface area (TPSA) is 79.4 Å². The van der Waals surface area contributed by atoms with E-state index in [1.165, 1.54) is 19.3 Å². The van der Waals surface area contributed by atoms with Gasteiger partial charge in [0.1, 0.15) is 0 Å². The fourth-order valence-corrected chi connectivity index (χ4v) is 1.95. The Hall–Kier alpha value is -1.65. The van der Waals surface area contributed by atoms with Gasteiger partial charge in [0, 0.05) is 25.2 Å². The number of aromatic nitrogens is 1. The average Bonchev–Trinajstić information content (AvgIpc) is 2.26. The van der Waals surface area contributed by atoms with Crippen LogP contribution in [0.5, 0.6) is 0 Å². The van der Waals surface area contributed by atoms with Crippen molar-refractivity contribution in [1.29, 1.82) is 0 Å². The first-order valence-corrected chi connectivity index (χ1v) is 5.24. The predicted molar refractivity (Wildman–Crippen MR) is 58.7 cm³/mol. The van der Waals surface area contributed by atoms with Crippen molar-refractivity contribution in [3.8, 4) is 0 Å². The maximum absolute atomic E-state index is 9.38. The summed E-state index contributed by atoms with van der Waals surface area (Å²) in [5, 5.41) is 9.38. The molecule has 82 valence electrons. The van der Waals surface area contributed by atoms with Crippen LogP contribution in [0, 0.1) is 0 Å². The summed E-state index contributed by atoms with van der Waals surface area (Å²) >= 11 is 0. The Morgan fingerprint density at radius 3 is 2.13 bits per heavy atom. The molecule has 2 heterocycles. The van der Waals surface area contributed by atoms with E-state index in [1.807, 2.05) is 0 Å². The fraction of sp³-hybridized carbons (Fsp3) is 0.500. The van der Waals surface area contributed by atoms with E-state index in [-0.39, 0.29) is 11.6 Å². The molecule has 0 radical (unpaired) electrons. The zero-order valence-corrected chi connectivity index (χ0v) is 8.69. The smallest absolute Gasteiger partial charge is 0.260 e. The molecule has 15 heavy (non-hydrogen) atoms. The summed E-state index contributed by atoms with van der Waals surface area (Å²) in [4.78, 5) is 2.25. The van der Waals surface area contributed by atoms with Gasteiger partial charge in [-0.1, -0.05) is 4.73 Å². The van der Waals surface area contributed by atoms with Crippen molar-refractivity contribution in [2.24, 2.45) is 0 Å². The van der Waals surface area contributed by atoms with Crippen molar-refractivity contribution in [3.05, 3.63) is 12.1 Å². The van der Waals surface area contributed by atoms with E-state index in [1.54, 1.807) is 12.1 Å². The van der Waals surface area contributed by atoms with E-state index in [0.29, 0.717) is 0 Å². The van der Waals surface area contributed by atoms with Crippen LogP contribution >= 0.6 is 0 Å². The van der Waals surface area contributed by atoms with Crippen molar-refractivity contribution in [2.75, 3.05) is 29.5 Å². The average molecular weight is 209 g/mol. The largest absolute Gasteiger partial charge is 0.371 e. The van der Waals surface area contributed by atoms with Gasteiger partial charge in [0.2, 0.25) is 0 Å². The van der Waals surface area contributed by atoms with Crippen LogP contribution in [0.25, 0.3) is 0 Å². The third kappa shape index (κ3) is 1.91. The lowest BCUT2D eigenvalue weighted by Gasteiger charge is -2.28. The van der Waals surface area contributed by atoms with E-state index in [9.17, 15) is 5.21 Å². The van der Waals surface area contributed by atoms with Gasteiger partial charge < -0.3 is 21.6 Å². The van der Waals surface area contributed by atoms with Crippen LogP contribution in [-0.2, 0) is 0 Å². The number of nitrogens with zero attached hydrogens (tertiary/aromatic N) is 2. The van der Waals surface area contributed by atoms with Crippen LogP contribution in [0.15, 0.2) is 12.1 Å². The van der Waals surface area contributed by atoms with E-state index < -0.39 is 0 Å². The molecule has 0 amide bonds. The van der Waals surface area contributed by atoms with Crippen LogP contribution in [0.2, 0.25) is 0 Å². The molecule has 1 aromatic rings. The van der Waals surface area contributed by atoms with Crippen LogP contribution in [0.4, 0.5) is 17.3 Å². The first kappa shape index (κ1) is 9.89. The van der Waals surface area contributed by atoms with Gasteiger partial charge in [-0.3, -0.25) is 0 Å². The number of pyridine rings is 1. The van der Waals surface area contributed by atoms with Gasteiger partial charge in [0.25, 0.3) is 11.6 Å². The highest BCUT2D eigenvalue weighted by Crippen LogP contribution is 2.21. The van der Waals surface area contributed by atoms with Gasteiger partial charge in [0.05, 0.1) is 5.69 Å². The van der Waals surface area contributed by atoms with Crippen LogP contribution < -0.4 is 21.1 Å². The molecular weight excluding hydrogens is 192 g/mol. The van der Waals surface area contributed by atoms with Crippen molar-refractivity contribution >= 4 is 17.3 Å². The second kappa shape index (κ2) is 3.84. The second-order valence-corrected chi connectivity index (χ2v) is 3.92. The molecular formula is C10H17N4O+. The summed E-state index contributed by atoms with van der Waals surface area (Å²) in [6.07, 6.45) is 3.69. The fourth-order valence-electron chi connectivity index (χ4n) is 1.95. The predicted octanol–water partition coefficient (Wildman–Crippen LogP) is 0.366. The molecule has 5 N–H and O–H groups in total. The molecule has 0 aliphatic carbocycles. The van der Waals surface area contributed by atoms with E-state index in [2.05, 4.69) is 4.90 Å². The van der Waals surface area contributed by atoms with Gasteiger partial charge in [-0.15, -0.1) is 0 Å². The molecule has 1 aliphatic heterocycles. The highest BCUT2D eigenvalue weighted by atomic mass is 16.5. The number of nitrogen functional groups attached to an aromatic ring is 2. The molecule has 1 aromatic heterocycles. The monoisotopic (exact) mass is 209 g/mol. The number of anilines is 3. The summed E-state index contributed by atoms with van der Waals surface area (Å²) in [7, 11) is 0. The minimum atomic E-state index is 0.274. The van der Waals surface area contributed by atoms with Gasteiger partial charge >= 0.3 is 0 Å². The van der Waals surface area contributed by atoms with Crippen LogP contribution in [-0.4, -0.2) is 18.3 Å². The highest BCUT2D eigenvalue weighted by Gasteiger charge is 2.15. The maximum Gasteiger partial charge on any atom is 0.260 e. The molecule has 0 bridgehead atoms. The molecule has 1 fully saturated rings. The van der Waals surface area contributed by atoms with E-state index in [4.69, 9.17) is 11.5 Å². The Morgan fingerprint density at radius 1 is 1.07 bits per heavy atom. The number of piperidine rings is 1. The van der Waals surface area contributed by atoms with E-state index >= 15 is 0 Å². The van der Waals surface area contributed by atoms with Crippen LogP contribution in [0.3, 0.4) is 0 Å². The number of nitrogens with two attached hydrogens (primary N) is 2. The summed E-state index contributed by atoms with van der Waals surface area (Å²) in [5.74, 6) is 0.547. The van der Waals surface area contributed by atoms with E-state index in [0.717, 1.165) is 23.5 Å². The molecule has 5 nitrogen and oxygen atoms in total. The molecule has 0 saturated carbocycles. The van der Waals surface area contributed by atoms with Gasteiger partial charge in [-0.2, -0.15) is 0 Å². The Kier molecular flexibility index (Phi) is 2.53. The van der Waals surface area contributed by atoms with Gasteiger partial charge in [-0.05, 0) is 19.3 Å². The molecule has 0 unspecified atom stereocenters. The molecule has 0 atom stereocenters. The third-order valence-corrected chi connectivity index (χ3v) is 2.80. The Balaban J connectivity index is 2.27. The molecule has 5 heteroatoms. The lowest BCUT2D eigenvalue weighted by atomic mass is 10.1. The van der Waals surface area contributed by atoms with Gasteiger partial charge in [-0.25, -0.2) is 0 Å². The Bertz CT molecular complexity index is 337. The third-order valence-electron chi connectivity index (χ3n) is 2.80. The van der Waals surface area contributed by atoms with Crippen molar-refractivity contribution in [1.82, 2.24) is 0 Å². The molecule has 1 aliphatic rings. The normalized spacial score (nSPS) is 16.7. The summed E-state index contributed by atoms with van der Waals surface area (Å²) in [6.45, 7) is 2.07. The number of hydrogen-bond acceptors (Lipinski definition) is 4. The number of rotatable bonds is 1. The summed E-state index contributed by atoms with van der Waals surface area (Å²) in [6, 6.07) is 3.50. The minimum absolute atomic E-state index is 0.274. The Labute approximate surface area is 88.9 Å². The second-order valence-electron chi connectivity index (χ2n) is 3.92. The molecule has 0 spiro atoms. The zero-order valence-electron chi connectivity index (χ0n) is 8.69. The lowest BCUT2D eigenvalue weighted by Crippen LogP contribution is -2.38. The first-order valence-electron chi connectivity index (χ1n) is 5.24. The molecule has 2 rings (SSSR count). The summed E-state index contributed by atoms with van der Waals surface area (Å²) in [5.41, 5.74) is 12.3. The number of hydrogen-bond donors (Lipinski definition) is 3. The van der Waals surface area contributed by atoms with Crippen molar-refractivity contribution in [2.45, 2.75) is 19.3 Å². The standard InChI is InChI=1S/C10H16N4O/c11-9-6-8(7-10(12)14(9)15)13-4-2-1-3-5-13/h6-7,15H,1-5H2,(H3,11,12)/p+1. The minimum Gasteiger partial charge on any atom is -0.371 e. The van der Waals surface area contributed by atoms with Crippen LogP contribution in [0.1, 0.15) is 19.3 Å². The Morgan fingerprint density at radius 2 is 1.60 bits per heavy atom. The lowest BCUT2D eigenvalue weighted by molar-refractivity contribution is -0.881. The first-order chi connectivity index (χ1) is 7.18. The molecule has 1 saturated heterocycles. The quantitative estimate of drug-likeness (QED) is 0.461. The van der Waals surface area contributed by atoms with Crippen molar-refractivity contribution < 1.29 is 9.94 Å². The zero-order chi connectivity index (χ0) is 10.8. The SMILES string of the molecule is Nc1cc(N2CCCCC2)cc(N)[n+]1O. The maximum atomic E-state index is 9.38. The highest BCUT2D eigenvalue weighted by molar-refractivity contribution is 5.55. The molecule has 0 aromatic carbocycles. The van der Waals surface area contributed by atoms with Crippen molar-refractivity contribution in [3.63, 3.8) is 0 Å². The van der Waals surface area contributed by atoms with Gasteiger partial charge in [0.15, 0.2) is 0 Å².